The van der Waals surface area contributed by atoms with Gasteiger partial charge in [0.1, 0.15) is 19.8 Å². The second-order valence-corrected chi connectivity index (χ2v) is 16.8. The van der Waals surface area contributed by atoms with Crippen LogP contribution in [0.25, 0.3) is 0 Å². The summed E-state index contributed by atoms with van der Waals surface area (Å²) in [5.41, 5.74) is 0. The predicted octanol–water partition coefficient (Wildman–Crippen LogP) is 11.3. The topological polar surface area (TPSA) is 111 Å². The first-order chi connectivity index (χ1) is 26.0. The molecule has 0 heterocycles. The first-order valence-electron chi connectivity index (χ1n) is 21.3. The molecule has 0 N–H and O–H groups in total. The quantitative estimate of drug-likeness (QED) is 0.0200. The minimum Gasteiger partial charge on any atom is -0.756 e. The molecular formula is C44H80NO8P. The average molecular weight is 782 g/mol. The van der Waals surface area contributed by atoms with Crippen LogP contribution in [0.15, 0.2) is 48.6 Å². The van der Waals surface area contributed by atoms with Gasteiger partial charge in [0, 0.05) is 12.8 Å². The van der Waals surface area contributed by atoms with Gasteiger partial charge in [-0.25, -0.2) is 0 Å². The summed E-state index contributed by atoms with van der Waals surface area (Å²) in [5.74, 6) is -0.882. The summed E-state index contributed by atoms with van der Waals surface area (Å²) in [5, 5.41) is 0. The SMILES string of the molecule is CCCCC/C=C/C/C=C/C/C=C/CCCCCCC(=O)OC[C@H](COP(=O)([O-])OCC[N+](C)(C)C)OC(=O)CCCCC/C=C/CCCCCCCC. The smallest absolute Gasteiger partial charge is 0.306 e. The lowest BCUT2D eigenvalue weighted by Gasteiger charge is -2.28. The van der Waals surface area contributed by atoms with E-state index in [0.29, 0.717) is 23.9 Å². The number of quaternary nitrogens is 1. The van der Waals surface area contributed by atoms with Crippen LogP contribution in [0.2, 0.25) is 0 Å². The number of hydrogen-bond acceptors (Lipinski definition) is 8. The molecule has 9 nitrogen and oxygen atoms in total. The van der Waals surface area contributed by atoms with Crippen molar-refractivity contribution in [1.82, 2.24) is 0 Å². The highest BCUT2D eigenvalue weighted by atomic mass is 31.2. The van der Waals surface area contributed by atoms with Gasteiger partial charge >= 0.3 is 11.9 Å². The predicted molar refractivity (Wildman–Crippen MR) is 222 cm³/mol. The molecular weight excluding hydrogens is 701 g/mol. The Hall–Kier alpha value is -2.03. The van der Waals surface area contributed by atoms with Crippen LogP contribution in [-0.2, 0) is 32.7 Å². The van der Waals surface area contributed by atoms with Gasteiger partial charge in [0.25, 0.3) is 7.82 Å². The van der Waals surface area contributed by atoms with Crippen LogP contribution >= 0.6 is 7.82 Å². The normalized spacial score (nSPS) is 14.1. The number of unbranched alkanes of at least 4 members (excludes halogenated alkanes) is 16. The Labute approximate surface area is 331 Å². The minimum absolute atomic E-state index is 0.0387. The lowest BCUT2D eigenvalue weighted by molar-refractivity contribution is -0.870. The highest BCUT2D eigenvalue weighted by molar-refractivity contribution is 7.45. The van der Waals surface area contributed by atoms with Crippen molar-refractivity contribution >= 4 is 19.8 Å². The van der Waals surface area contributed by atoms with E-state index >= 15 is 0 Å². The summed E-state index contributed by atoms with van der Waals surface area (Å²) in [6, 6.07) is 0. The van der Waals surface area contributed by atoms with E-state index in [4.69, 9.17) is 18.5 Å². The van der Waals surface area contributed by atoms with Gasteiger partial charge in [-0.05, 0) is 77.0 Å². The zero-order valence-corrected chi connectivity index (χ0v) is 36.0. The van der Waals surface area contributed by atoms with Crippen LogP contribution < -0.4 is 4.89 Å². The largest absolute Gasteiger partial charge is 0.756 e. The zero-order valence-electron chi connectivity index (χ0n) is 35.2. The highest BCUT2D eigenvalue weighted by Gasteiger charge is 2.21. The Bertz CT molecular complexity index is 1070. The number of phosphoric acid groups is 1. The van der Waals surface area contributed by atoms with Crippen LogP contribution in [0, 0.1) is 0 Å². The maximum atomic E-state index is 12.6. The molecule has 1 unspecified atom stereocenters. The standard InChI is InChI=1S/C44H80NO8P/c1-6-8-10-12-14-16-18-20-21-22-23-25-26-28-30-32-34-36-43(46)50-40-42(41-52-54(48,49)51-39-38-45(3,4)5)53-44(47)37-35-33-31-29-27-24-19-17-15-13-11-9-7-2/h14,16,20-21,23-25,27,42H,6-13,15,17-19,22,26,28-41H2,1-5H3/b16-14+,21-20+,25-23+,27-24+/t42-/m1/s1. The molecule has 0 aromatic heterocycles. The number of ether oxygens (including phenoxy) is 2. The molecule has 0 saturated heterocycles. The van der Waals surface area contributed by atoms with Crippen LogP contribution in [0.1, 0.15) is 168 Å². The van der Waals surface area contributed by atoms with Crippen molar-refractivity contribution in [3.8, 4) is 0 Å². The van der Waals surface area contributed by atoms with E-state index in [1.165, 1.54) is 64.2 Å². The summed E-state index contributed by atoms with van der Waals surface area (Å²) >= 11 is 0. The van der Waals surface area contributed by atoms with Crippen LogP contribution in [0.4, 0.5) is 0 Å². The first-order valence-corrected chi connectivity index (χ1v) is 22.8. The highest BCUT2D eigenvalue weighted by Crippen LogP contribution is 2.38. The third kappa shape index (κ3) is 39.7. The van der Waals surface area contributed by atoms with Gasteiger partial charge in [-0.1, -0.05) is 127 Å². The molecule has 0 fully saturated rings. The number of carbonyl (C=O) groups excluding carboxylic acids is 2. The summed E-state index contributed by atoms with van der Waals surface area (Å²) < 4.78 is 33.8. The Morgan fingerprint density at radius 2 is 1.00 bits per heavy atom. The second kappa shape index (κ2) is 36.6. The molecule has 0 rings (SSSR count). The molecule has 0 aliphatic heterocycles. The molecule has 0 amide bonds. The second-order valence-electron chi connectivity index (χ2n) is 15.3. The van der Waals surface area contributed by atoms with Gasteiger partial charge in [-0.15, -0.1) is 0 Å². The fourth-order valence-corrected chi connectivity index (χ4v) is 6.15. The van der Waals surface area contributed by atoms with Crippen LogP contribution in [-0.4, -0.2) is 70.0 Å². The Kier molecular flexibility index (Phi) is 35.2. The van der Waals surface area contributed by atoms with Crippen LogP contribution in [0.5, 0.6) is 0 Å². The Morgan fingerprint density at radius 1 is 0.574 bits per heavy atom. The molecule has 0 aromatic carbocycles. The van der Waals surface area contributed by atoms with Crippen molar-refractivity contribution in [2.45, 2.75) is 174 Å². The van der Waals surface area contributed by atoms with Gasteiger partial charge in [0.15, 0.2) is 6.10 Å². The van der Waals surface area contributed by atoms with E-state index in [1.54, 1.807) is 0 Å². The molecule has 0 spiro atoms. The summed E-state index contributed by atoms with van der Waals surface area (Å²) in [6.07, 6.45) is 41.3. The number of rotatable bonds is 38. The number of phosphoric ester groups is 1. The van der Waals surface area contributed by atoms with Crippen LogP contribution in [0.3, 0.4) is 0 Å². The molecule has 0 bridgehead atoms. The molecule has 54 heavy (non-hydrogen) atoms. The molecule has 0 aromatic rings. The molecule has 0 saturated carbocycles. The summed E-state index contributed by atoms with van der Waals surface area (Å²) in [6.45, 7) is 4.13. The first kappa shape index (κ1) is 52.0. The third-order valence-electron chi connectivity index (χ3n) is 8.82. The number of esters is 2. The number of nitrogens with zero attached hydrogens (tertiary/aromatic N) is 1. The van der Waals surface area contributed by atoms with Crippen molar-refractivity contribution < 1.29 is 42.1 Å². The fraction of sp³-hybridized carbons (Fsp3) is 0.773. The molecule has 10 heteroatoms. The molecule has 0 aliphatic rings. The van der Waals surface area contributed by atoms with Gasteiger partial charge < -0.3 is 27.9 Å². The van der Waals surface area contributed by atoms with Crippen molar-refractivity contribution in [3.05, 3.63) is 48.6 Å². The molecule has 2 atom stereocenters. The van der Waals surface area contributed by atoms with E-state index in [1.807, 2.05) is 21.1 Å². The number of likely N-dealkylation sites (N-methyl/N-ethyl adjacent to an activating group) is 1. The summed E-state index contributed by atoms with van der Waals surface area (Å²) in [7, 11) is 1.14. The van der Waals surface area contributed by atoms with Gasteiger partial charge in [0.2, 0.25) is 0 Å². The van der Waals surface area contributed by atoms with E-state index in [0.717, 1.165) is 64.2 Å². The van der Waals surface area contributed by atoms with Gasteiger partial charge in [-0.3, -0.25) is 14.2 Å². The summed E-state index contributed by atoms with van der Waals surface area (Å²) in [4.78, 5) is 37.4. The molecule has 0 aliphatic carbocycles. The Morgan fingerprint density at radius 3 is 1.56 bits per heavy atom. The van der Waals surface area contributed by atoms with Crippen molar-refractivity contribution in [3.63, 3.8) is 0 Å². The lowest BCUT2D eigenvalue weighted by atomic mass is 10.1. The number of carbonyl (C=O) groups is 2. The van der Waals surface area contributed by atoms with E-state index in [-0.39, 0.29) is 26.1 Å². The van der Waals surface area contributed by atoms with E-state index in [2.05, 4.69) is 62.5 Å². The molecule has 0 radical (unpaired) electrons. The number of hydrogen-bond donors (Lipinski definition) is 0. The van der Waals surface area contributed by atoms with E-state index in [9.17, 15) is 19.0 Å². The zero-order chi connectivity index (χ0) is 40.0. The average Bonchev–Trinajstić information content (AvgIpc) is 3.12. The monoisotopic (exact) mass is 782 g/mol. The third-order valence-corrected chi connectivity index (χ3v) is 9.79. The minimum atomic E-state index is -4.63. The van der Waals surface area contributed by atoms with Crippen molar-refractivity contribution in [1.29, 1.82) is 0 Å². The van der Waals surface area contributed by atoms with E-state index < -0.39 is 32.5 Å². The lowest BCUT2D eigenvalue weighted by Crippen LogP contribution is -2.37. The fourth-order valence-electron chi connectivity index (χ4n) is 5.42. The van der Waals surface area contributed by atoms with Crippen molar-refractivity contribution in [2.75, 3.05) is 47.5 Å². The maximum absolute atomic E-state index is 12.6. The maximum Gasteiger partial charge on any atom is 0.306 e. The number of allylic oxidation sites excluding steroid dienone is 8. The van der Waals surface area contributed by atoms with Gasteiger partial charge in [-0.2, -0.15) is 0 Å². The van der Waals surface area contributed by atoms with Crippen molar-refractivity contribution in [2.24, 2.45) is 0 Å². The molecule has 314 valence electrons. The Balaban J connectivity index is 4.44. The van der Waals surface area contributed by atoms with Gasteiger partial charge in [0.05, 0.1) is 27.7 Å².